The van der Waals surface area contributed by atoms with Gasteiger partial charge in [-0.2, -0.15) is 0 Å². The molecule has 0 saturated heterocycles. The zero-order valence-corrected chi connectivity index (χ0v) is 10.8. The van der Waals surface area contributed by atoms with Crippen LogP contribution in [0.25, 0.3) is 10.8 Å². The van der Waals surface area contributed by atoms with Gasteiger partial charge in [-0.15, -0.1) is 13.2 Å². The van der Waals surface area contributed by atoms with E-state index in [9.17, 15) is 0 Å². The fourth-order valence-corrected chi connectivity index (χ4v) is 1.76. The third-order valence-electron chi connectivity index (χ3n) is 2.50. The molecule has 2 aromatic rings. The van der Waals surface area contributed by atoms with Crippen LogP contribution < -0.4 is 0 Å². The van der Waals surface area contributed by atoms with Crippen molar-refractivity contribution in [1.82, 2.24) is 0 Å². The normalized spacial score (nSPS) is 11.7. The van der Waals surface area contributed by atoms with Crippen LogP contribution >= 0.6 is 0 Å². The van der Waals surface area contributed by atoms with Crippen molar-refractivity contribution in [3.05, 3.63) is 61.2 Å². The Hall–Kier alpha value is -1.64. The van der Waals surface area contributed by atoms with Crippen molar-refractivity contribution in [2.24, 2.45) is 0 Å². The molecule has 0 saturated carbocycles. The molecule has 0 aromatic heterocycles. The molecular formula is C16H20O2. The van der Waals surface area contributed by atoms with Crippen LogP contribution in [0.15, 0.2) is 55.6 Å². The summed E-state index contributed by atoms with van der Waals surface area (Å²) in [5.41, 5.74) is 1.17. The molecule has 0 aliphatic carbocycles. The van der Waals surface area contributed by atoms with E-state index in [1.165, 1.54) is 16.3 Å². The van der Waals surface area contributed by atoms with E-state index in [1.807, 2.05) is 18.2 Å². The SMILES string of the molecule is C=C.CC(O)COCc1cccc2ccccc12. The maximum atomic E-state index is 9.12. The van der Waals surface area contributed by atoms with E-state index in [2.05, 4.69) is 37.4 Å². The van der Waals surface area contributed by atoms with Gasteiger partial charge in [0.1, 0.15) is 0 Å². The lowest BCUT2D eigenvalue weighted by molar-refractivity contribution is 0.0380. The number of aliphatic hydroxyl groups is 1. The van der Waals surface area contributed by atoms with E-state index in [1.54, 1.807) is 6.92 Å². The Labute approximate surface area is 109 Å². The molecule has 2 nitrogen and oxygen atoms in total. The fraction of sp³-hybridized carbons (Fsp3) is 0.250. The van der Waals surface area contributed by atoms with Crippen LogP contribution in [0.5, 0.6) is 0 Å². The highest BCUT2D eigenvalue weighted by molar-refractivity contribution is 5.85. The van der Waals surface area contributed by atoms with Gasteiger partial charge in [0.25, 0.3) is 0 Å². The van der Waals surface area contributed by atoms with E-state index in [4.69, 9.17) is 9.84 Å². The lowest BCUT2D eigenvalue weighted by Gasteiger charge is -2.08. The molecule has 0 amide bonds. The number of hydrogen-bond acceptors (Lipinski definition) is 2. The van der Waals surface area contributed by atoms with Gasteiger partial charge in [-0.05, 0) is 23.3 Å². The smallest absolute Gasteiger partial charge is 0.0745 e. The Morgan fingerprint density at radius 1 is 1.11 bits per heavy atom. The van der Waals surface area contributed by atoms with Gasteiger partial charge in [0.15, 0.2) is 0 Å². The van der Waals surface area contributed by atoms with Crippen LogP contribution in [0, 0.1) is 0 Å². The molecule has 0 fully saturated rings. The third-order valence-corrected chi connectivity index (χ3v) is 2.50. The maximum absolute atomic E-state index is 9.12. The molecule has 0 aliphatic rings. The van der Waals surface area contributed by atoms with Gasteiger partial charge >= 0.3 is 0 Å². The molecule has 1 atom stereocenters. The standard InChI is InChI=1S/C14H16O2.C2H4/c1-11(15)9-16-10-13-7-4-6-12-5-2-3-8-14(12)13;1-2/h2-8,11,15H,9-10H2,1H3;1-2H2. The lowest BCUT2D eigenvalue weighted by atomic mass is 10.1. The second-order valence-corrected chi connectivity index (χ2v) is 4.00. The number of hydrogen-bond donors (Lipinski definition) is 1. The molecule has 18 heavy (non-hydrogen) atoms. The fourth-order valence-electron chi connectivity index (χ4n) is 1.76. The maximum Gasteiger partial charge on any atom is 0.0745 e. The number of fused-ring (bicyclic) bond motifs is 1. The van der Waals surface area contributed by atoms with Crippen molar-refractivity contribution in [3.63, 3.8) is 0 Å². The summed E-state index contributed by atoms with van der Waals surface area (Å²) in [4.78, 5) is 0. The van der Waals surface area contributed by atoms with E-state index in [-0.39, 0.29) is 0 Å². The summed E-state index contributed by atoms with van der Waals surface area (Å²) in [5, 5.41) is 11.6. The molecule has 0 radical (unpaired) electrons. The van der Waals surface area contributed by atoms with Crippen molar-refractivity contribution in [3.8, 4) is 0 Å². The first-order chi connectivity index (χ1) is 8.77. The summed E-state index contributed by atoms with van der Waals surface area (Å²) >= 11 is 0. The van der Waals surface area contributed by atoms with Crippen LogP contribution in [0.4, 0.5) is 0 Å². The molecule has 1 N–H and O–H groups in total. The van der Waals surface area contributed by atoms with Crippen LogP contribution in [0.2, 0.25) is 0 Å². The largest absolute Gasteiger partial charge is 0.391 e. The van der Waals surface area contributed by atoms with Crippen LogP contribution in [0.1, 0.15) is 12.5 Å². The predicted molar refractivity (Wildman–Crippen MR) is 76.5 cm³/mol. The average Bonchev–Trinajstić information content (AvgIpc) is 2.41. The first-order valence-electron chi connectivity index (χ1n) is 6.00. The molecule has 2 heteroatoms. The van der Waals surface area contributed by atoms with Crippen molar-refractivity contribution in [2.45, 2.75) is 19.6 Å². The molecule has 2 aromatic carbocycles. The zero-order valence-electron chi connectivity index (χ0n) is 10.8. The topological polar surface area (TPSA) is 29.5 Å². The van der Waals surface area contributed by atoms with E-state index in [0.717, 1.165) is 0 Å². The summed E-state index contributed by atoms with van der Waals surface area (Å²) < 4.78 is 5.44. The molecular weight excluding hydrogens is 224 g/mol. The summed E-state index contributed by atoms with van der Waals surface area (Å²) in [6.07, 6.45) is -0.407. The highest BCUT2D eigenvalue weighted by Gasteiger charge is 2.01. The Balaban J connectivity index is 0.000000771. The molecule has 0 spiro atoms. The van der Waals surface area contributed by atoms with Gasteiger partial charge in [-0.25, -0.2) is 0 Å². The highest BCUT2D eigenvalue weighted by atomic mass is 16.5. The van der Waals surface area contributed by atoms with Crippen LogP contribution in [0.3, 0.4) is 0 Å². The second kappa shape index (κ2) is 7.64. The first-order valence-corrected chi connectivity index (χ1v) is 6.00. The second-order valence-electron chi connectivity index (χ2n) is 4.00. The van der Waals surface area contributed by atoms with Gasteiger partial charge < -0.3 is 9.84 Å². The van der Waals surface area contributed by atoms with Crippen molar-refractivity contribution in [1.29, 1.82) is 0 Å². The van der Waals surface area contributed by atoms with Crippen LogP contribution in [-0.4, -0.2) is 17.8 Å². The zero-order chi connectivity index (χ0) is 13.4. The van der Waals surface area contributed by atoms with E-state index >= 15 is 0 Å². The Kier molecular flexibility index (Phi) is 6.12. The van der Waals surface area contributed by atoms with Gasteiger partial charge in [-0.3, -0.25) is 0 Å². The third kappa shape index (κ3) is 3.99. The molecule has 0 aliphatic heterocycles. The first kappa shape index (κ1) is 14.4. The Bertz CT molecular complexity index is 472. The number of aliphatic hydroxyl groups excluding tert-OH is 1. The van der Waals surface area contributed by atoms with Crippen molar-refractivity contribution < 1.29 is 9.84 Å². The number of benzene rings is 2. The molecule has 96 valence electrons. The summed E-state index contributed by atoms with van der Waals surface area (Å²) in [5.74, 6) is 0. The summed E-state index contributed by atoms with van der Waals surface area (Å²) in [7, 11) is 0. The van der Waals surface area contributed by atoms with Crippen LogP contribution in [-0.2, 0) is 11.3 Å². The van der Waals surface area contributed by atoms with E-state index in [0.29, 0.717) is 13.2 Å². The monoisotopic (exact) mass is 244 g/mol. The van der Waals surface area contributed by atoms with E-state index < -0.39 is 6.10 Å². The lowest BCUT2D eigenvalue weighted by Crippen LogP contribution is -2.10. The van der Waals surface area contributed by atoms with Crippen molar-refractivity contribution >= 4 is 10.8 Å². The van der Waals surface area contributed by atoms with Crippen molar-refractivity contribution in [2.75, 3.05) is 6.61 Å². The Morgan fingerprint density at radius 3 is 2.50 bits per heavy atom. The van der Waals surface area contributed by atoms with Gasteiger partial charge in [-0.1, -0.05) is 42.5 Å². The minimum Gasteiger partial charge on any atom is -0.391 e. The minimum atomic E-state index is -0.407. The Morgan fingerprint density at radius 2 is 1.78 bits per heavy atom. The van der Waals surface area contributed by atoms with Gasteiger partial charge in [0.2, 0.25) is 0 Å². The van der Waals surface area contributed by atoms with Gasteiger partial charge in [0.05, 0.1) is 19.3 Å². The molecule has 2 rings (SSSR count). The average molecular weight is 244 g/mol. The molecule has 0 heterocycles. The highest BCUT2D eigenvalue weighted by Crippen LogP contribution is 2.19. The molecule has 0 bridgehead atoms. The quantitative estimate of drug-likeness (QED) is 0.834. The minimum absolute atomic E-state index is 0.378. The molecule has 1 unspecified atom stereocenters. The summed E-state index contributed by atoms with van der Waals surface area (Å²) in [6, 6.07) is 14.4. The number of ether oxygens (including phenoxy) is 1. The summed E-state index contributed by atoms with van der Waals surface area (Å²) in [6.45, 7) is 8.65. The predicted octanol–water partition coefficient (Wildman–Crippen LogP) is 3.54. The number of rotatable bonds is 4. The van der Waals surface area contributed by atoms with Gasteiger partial charge in [0, 0.05) is 0 Å².